The van der Waals surface area contributed by atoms with Crippen molar-refractivity contribution >= 4 is 33.2 Å². The molecule has 2 aromatic heterocycles. The SMILES string of the molecule is O=c1[nH]c(-c2csc3ccccc23)nc2c1CSC2. The summed E-state index contributed by atoms with van der Waals surface area (Å²) in [5.41, 5.74) is 2.82. The summed E-state index contributed by atoms with van der Waals surface area (Å²) in [7, 11) is 0. The number of H-pyrrole nitrogens is 1. The van der Waals surface area contributed by atoms with Crippen molar-refractivity contribution in [2.24, 2.45) is 0 Å². The topological polar surface area (TPSA) is 45.8 Å². The predicted octanol–water partition coefficient (Wildman–Crippen LogP) is 3.40. The quantitative estimate of drug-likeness (QED) is 0.745. The summed E-state index contributed by atoms with van der Waals surface area (Å²) >= 11 is 3.43. The van der Waals surface area contributed by atoms with Crippen LogP contribution < -0.4 is 5.56 Å². The number of nitrogens with one attached hydrogen (secondary N) is 1. The zero-order valence-corrected chi connectivity index (χ0v) is 11.6. The number of benzene rings is 1. The molecule has 1 aliphatic heterocycles. The minimum atomic E-state index is 0.0141. The summed E-state index contributed by atoms with van der Waals surface area (Å²) < 4.78 is 1.22. The monoisotopic (exact) mass is 286 g/mol. The minimum absolute atomic E-state index is 0.0141. The Morgan fingerprint density at radius 1 is 1.21 bits per heavy atom. The highest BCUT2D eigenvalue weighted by atomic mass is 32.2. The van der Waals surface area contributed by atoms with Crippen molar-refractivity contribution in [1.29, 1.82) is 0 Å². The summed E-state index contributed by atoms with van der Waals surface area (Å²) in [5.74, 6) is 2.32. The van der Waals surface area contributed by atoms with Crippen LogP contribution in [0.1, 0.15) is 11.3 Å². The van der Waals surface area contributed by atoms with Gasteiger partial charge in [-0.1, -0.05) is 18.2 Å². The van der Waals surface area contributed by atoms with Gasteiger partial charge in [-0.25, -0.2) is 4.98 Å². The van der Waals surface area contributed by atoms with Crippen LogP contribution in [0.15, 0.2) is 34.4 Å². The lowest BCUT2D eigenvalue weighted by Gasteiger charge is -2.02. The number of hydrogen-bond donors (Lipinski definition) is 1. The van der Waals surface area contributed by atoms with Crippen LogP contribution in [0.3, 0.4) is 0 Å². The third-order valence-corrected chi connectivity index (χ3v) is 5.26. The van der Waals surface area contributed by atoms with Crippen LogP contribution in [0.4, 0.5) is 0 Å². The number of hydrogen-bond acceptors (Lipinski definition) is 4. The maximum absolute atomic E-state index is 12.1. The number of nitrogens with zero attached hydrogens (tertiary/aromatic N) is 1. The highest BCUT2D eigenvalue weighted by Crippen LogP contribution is 2.33. The van der Waals surface area contributed by atoms with Gasteiger partial charge in [-0.2, -0.15) is 11.8 Å². The molecule has 0 aliphatic carbocycles. The maximum atomic E-state index is 12.1. The zero-order valence-electron chi connectivity index (χ0n) is 9.97. The predicted molar refractivity (Wildman–Crippen MR) is 80.7 cm³/mol. The minimum Gasteiger partial charge on any atom is -0.306 e. The number of aromatic nitrogens is 2. The molecule has 0 radical (unpaired) electrons. The van der Waals surface area contributed by atoms with Crippen molar-refractivity contribution in [3.63, 3.8) is 0 Å². The second-order valence-corrected chi connectivity index (χ2v) is 6.37. The van der Waals surface area contributed by atoms with Gasteiger partial charge < -0.3 is 4.98 Å². The number of aromatic amines is 1. The molecular formula is C14H10N2OS2. The first-order valence-electron chi connectivity index (χ1n) is 5.99. The standard InChI is InChI=1S/C14H10N2OS2/c17-14-10-5-18-7-11(10)15-13(16-14)9-6-19-12-4-2-1-3-8(9)12/h1-4,6H,5,7H2,(H,15,16,17). The van der Waals surface area contributed by atoms with Gasteiger partial charge in [0.2, 0.25) is 0 Å². The largest absolute Gasteiger partial charge is 0.306 e. The molecule has 4 rings (SSSR count). The molecule has 0 amide bonds. The summed E-state index contributed by atoms with van der Waals surface area (Å²) in [6.07, 6.45) is 0. The normalized spacial score (nSPS) is 13.9. The Labute approximate surface area is 117 Å². The molecule has 5 heteroatoms. The average molecular weight is 286 g/mol. The van der Waals surface area contributed by atoms with E-state index >= 15 is 0 Å². The Bertz CT molecular complexity index is 835. The number of rotatable bonds is 1. The van der Waals surface area contributed by atoms with E-state index in [-0.39, 0.29) is 5.56 Å². The smallest absolute Gasteiger partial charge is 0.255 e. The van der Waals surface area contributed by atoms with Gasteiger partial charge in [-0.3, -0.25) is 4.79 Å². The molecule has 0 spiro atoms. The molecule has 3 heterocycles. The Balaban J connectivity index is 1.98. The van der Waals surface area contributed by atoms with E-state index in [0.717, 1.165) is 33.7 Å². The van der Waals surface area contributed by atoms with Crippen molar-refractivity contribution in [2.75, 3.05) is 0 Å². The highest BCUT2D eigenvalue weighted by molar-refractivity contribution is 7.98. The molecule has 94 valence electrons. The van der Waals surface area contributed by atoms with Crippen LogP contribution in [0.25, 0.3) is 21.5 Å². The van der Waals surface area contributed by atoms with E-state index in [1.54, 1.807) is 23.1 Å². The van der Waals surface area contributed by atoms with Gasteiger partial charge in [0.05, 0.1) is 5.69 Å². The lowest BCUT2D eigenvalue weighted by Crippen LogP contribution is -2.14. The molecule has 3 nitrogen and oxygen atoms in total. The molecule has 0 saturated heterocycles. The van der Waals surface area contributed by atoms with E-state index in [0.29, 0.717) is 5.82 Å². The Morgan fingerprint density at radius 2 is 2.11 bits per heavy atom. The van der Waals surface area contributed by atoms with Crippen molar-refractivity contribution in [3.8, 4) is 11.4 Å². The summed E-state index contributed by atoms with van der Waals surface area (Å²) in [5, 5.41) is 3.22. The van der Waals surface area contributed by atoms with E-state index in [4.69, 9.17) is 0 Å². The molecule has 0 fully saturated rings. The zero-order chi connectivity index (χ0) is 12.8. The number of thioether (sulfide) groups is 1. The fourth-order valence-electron chi connectivity index (χ4n) is 2.35. The third kappa shape index (κ3) is 1.73. The van der Waals surface area contributed by atoms with Crippen LogP contribution in [-0.2, 0) is 11.5 Å². The van der Waals surface area contributed by atoms with Gasteiger partial charge in [0.15, 0.2) is 0 Å². The molecule has 0 atom stereocenters. The first kappa shape index (κ1) is 11.3. The summed E-state index contributed by atoms with van der Waals surface area (Å²) in [4.78, 5) is 19.6. The second kappa shape index (κ2) is 4.21. The lowest BCUT2D eigenvalue weighted by atomic mass is 10.1. The van der Waals surface area contributed by atoms with Crippen molar-refractivity contribution in [2.45, 2.75) is 11.5 Å². The van der Waals surface area contributed by atoms with E-state index in [1.165, 1.54) is 4.70 Å². The Kier molecular flexibility index (Phi) is 2.50. The second-order valence-electron chi connectivity index (χ2n) is 4.48. The first-order valence-corrected chi connectivity index (χ1v) is 8.03. The first-order chi connectivity index (χ1) is 9.33. The van der Waals surface area contributed by atoms with Crippen LogP contribution in [0.5, 0.6) is 0 Å². The maximum Gasteiger partial charge on any atom is 0.255 e. The molecule has 0 saturated carbocycles. The van der Waals surface area contributed by atoms with Gasteiger partial charge in [-0.15, -0.1) is 11.3 Å². The van der Waals surface area contributed by atoms with Gasteiger partial charge >= 0.3 is 0 Å². The molecule has 3 aromatic rings. The van der Waals surface area contributed by atoms with Crippen molar-refractivity contribution in [1.82, 2.24) is 9.97 Å². The Morgan fingerprint density at radius 3 is 3.05 bits per heavy atom. The van der Waals surface area contributed by atoms with Crippen LogP contribution >= 0.6 is 23.1 Å². The van der Waals surface area contributed by atoms with Gasteiger partial charge in [-0.05, 0) is 6.07 Å². The highest BCUT2D eigenvalue weighted by Gasteiger charge is 2.19. The third-order valence-electron chi connectivity index (χ3n) is 3.32. The number of fused-ring (bicyclic) bond motifs is 2. The van der Waals surface area contributed by atoms with Crippen LogP contribution in [0, 0.1) is 0 Å². The van der Waals surface area contributed by atoms with Crippen LogP contribution in [0.2, 0.25) is 0 Å². The molecule has 1 N–H and O–H groups in total. The summed E-state index contributed by atoms with van der Waals surface area (Å²) in [6.45, 7) is 0. The van der Waals surface area contributed by atoms with Gasteiger partial charge in [0.1, 0.15) is 5.82 Å². The molecule has 1 aromatic carbocycles. The van der Waals surface area contributed by atoms with E-state index in [2.05, 4.69) is 27.5 Å². The van der Waals surface area contributed by atoms with Crippen molar-refractivity contribution in [3.05, 3.63) is 51.3 Å². The average Bonchev–Trinajstić information content (AvgIpc) is 3.04. The molecule has 0 unspecified atom stereocenters. The molecule has 0 bridgehead atoms. The van der Waals surface area contributed by atoms with Gasteiger partial charge in [0.25, 0.3) is 5.56 Å². The fraction of sp³-hybridized carbons (Fsp3) is 0.143. The number of thiophene rings is 1. The summed E-state index contributed by atoms with van der Waals surface area (Å²) in [6, 6.07) is 8.20. The van der Waals surface area contributed by atoms with E-state index in [1.807, 2.05) is 12.1 Å². The van der Waals surface area contributed by atoms with Gasteiger partial charge in [0, 0.05) is 38.1 Å². The molecule has 19 heavy (non-hydrogen) atoms. The molecule has 1 aliphatic rings. The lowest BCUT2D eigenvalue weighted by molar-refractivity contribution is 1.04. The Hall–Kier alpha value is -1.59. The van der Waals surface area contributed by atoms with E-state index < -0.39 is 0 Å². The van der Waals surface area contributed by atoms with Crippen LogP contribution in [-0.4, -0.2) is 9.97 Å². The molecular weight excluding hydrogens is 276 g/mol. The van der Waals surface area contributed by atoms with E-state index in [9.17, 15) is 4.79 Å². The van der Waals surface area contributed by atoms with Crippen molar-refractivity contribution < 1.29 is 0 Å². The fourth-order valence-corrected chi connectivity index (χ4v) is 4.33.